The first-order valence-electron chi connectivity index (χ1n) is 6.45. The monoisotopic (exact) mass is 269 g/mol. The molecular formula is C14H20FNO3. The average Bonchev–Trinajstić information content (AvgIpc) is 2.38. The first-order chi connectivity index (χ1) is 9.06. The van der Waals surface area contributed by atoms with Gasteiger partial charge in [-0.15, -0.1) is 0 Å². The van der Waals surface area contributed by atoms with E-state index in [0.29, 0.717) is 43.9 Å². The van der Waals surface area contributed by atoms with Crippen LogP contribution in [0.15, 0.2) is 18.2 Å². The largest absolute Gasteiger partial charge is 0.392 e. The Morgan fingerprint density at radius 2 is 2.05 bits per heavy atom. The Morgan fingerprint density at radius 1 is 1.37 bits per heavy atom. The van der Waals surface area contributed by atoms with Gasteiger partial charge in [0.2, 0.25) is 0 Å². The van der Waals surface area contributed by atoms with Crippen LogP contribution in [0, 0.1) is 5.82 Å². The van der Waals surface area contributed by atoms with Gasteiger partial charge in [0.25, 0.3) is 0 Å². The maximum absolute atomic E-state index is 13.9. The minimum atomic E-state index is -0.859. The van der Waals surface area contributed by atoms with Crippen LogP contribution >= 0.6 is 0 Å². The van der Waals surface area contributed by atoms with E-state index in [0.717, 1.165) is 0 Å². The van der Waals surface area contributed by atoms with Crippen molar-refractivity contribution in [2.75, 3.05) is 31.7 Å². The van der Waals surface area contributed by atoms with Crippen molar-refractivity contribution in [2.24, 2.45) is 0 Å². The molecule has 0 saturated carbocycles. The van der Waals surface area contributed by atoms with E-state index >= 15 is 0 Å². The summed E-state index contributed by atoms with van der Waals surface area (Å²) in [7, 11) is 1.73. The fraction of sp³-hybridized carbons (Fsp3) is 0.571. The van der Waals surface area contributed by atoms with E-state index in [1.807, 2.05) is 0 Å². The molecule has 106 valence electrons. The van der Waals surface area contributed by atoms with E-state index < -0.39 is 5.60 Å². The number of hydrogen-bond donors (Lipinski definition) is 2. The summed E-state index contributed by atoms with van der Waals surface area (Å²) in [5.41, 5.74) is 0.0187. The van der Waals surface area contributed by atoms with Crippen LogP contribution in [0.4, 0.5) is 10.1 Å². The summed E-state index contributed by atoms with van der Waals surface area (Å²) in [6.07, 6.45) is 1.08. The molecule has 5 heteroatoms. The van der Waals surface area contributed by atoms with Crippen LogP contribution in [0.3, 0.4) is 0 Å². The molecule has 0 bridgehead atoms. The topological polar surface area (TPSA) is 52.9 Å². The number of rotatable bonds is 4. The zero-order valence-corrected chi connectivity index (χ0v) is 11.1. The van der Waals surface area contributed by atoms with E-state index in [1.54, 1.807) is 24.1 Å². The lowest BCUT2D eigenvalue weighted by molar-refractivity contribution is -0.0573. The van der Waals surface area contributed by atoms with Crippen molar-refractivity contribution < 1.29 is 19.3 Å². The van der Waals surface area contributed by atoms with Crippen LogP contribution in [0.1, 0.15) is 18.4 Å². The first-order valence-corrected chi connectivity index (χ1v) is 6.45. The fourth-order valence-corrected chi connectivity index (χ4v) is 2.55. The summed E-state index contributed by atoms with van der Waals surface area (Å²) >= 11 is 0. The molecule has 1 aliphatic heterocycles. The van der Waals surface area contributed by atoms with Crippen LogP contribution in [-0.2, 0) is 11.3 Å². The SMILES string of the molecule is CN(CC1(O)CCOCC1)c1c(F)cccc1CO. The number of hydrogen-bond acceptors (Lipinski definition) is 4. The van der Waals surface area contributed by atoms with Crippen LogP contribution in [0.25, 0.3) is 0 Å². The van der Waals surface area contributed by atoms with Gasteiger partial charge in [-0.1, -0.05) is 12.1 Å². The molecule has 2 N–H and O–H groups in total. The Hall–Kier alpha value is -1.17. The standard InChI is InChI=1S/C14H20FNO3/c1-16(10-14(18)5-7-19-8-6-14)13-11(9-17)3-2-4-12(13)15/h2-4,17-18H,5-10H2,1H3. The van der Waals surface area contributed by atoms with Crippen LogP contribution in [0.2, 0.25) is 0 Å². The molecule has 1 fully saturated rings. The van der Waals surface area contributed by atoms with Gasteiger partial charge in [0.05, 0.1) is 17.9 Å². The molecule has 1 saturated heterocycles. The first kappa shape index (κ1) is 14.2. The predicted molar refractivity (Wildman–Crippen MR) is 70.6 cm³/mol. The number of para-hydroxylation sites is 1. The van der Waals surface area contributed by atoms with Gasteiger partial charge in [-0.05, 0) is 6.07 Å². The van der Waals surface area contributed by atoms with Gasteiger partial charge in [-0.2, -0.15) is 0 Å². The third-order valence-corrected chi connectivity index (χ3v) is 3.58. The number of aliphatic hydroxyl groups excluding tert-OH is 1. The van der Waals surface area contributed by atoms with Crippen molar-refractivity contribution in [3.8, 4) is 0 Å². The number of ether oxygens (including phenoxy) is 1. The molecule has 0 atom stereocenters. The normalized spacial score (nSPS) is 18.3. The maximum Gasteiger partial charge on any atom is 0.146 e. The molecular weight excluding hydrogens is 249 g/mol. The van der Waals surface area contributed by atoms with E-state index in [-0.39, 0.29) is 12.4 Å². The Bertz CT molecular complexity index is 433. The summed E-state index contributed by atoms with van der Waals surface area (Å²) < 4.78 is 19.1. The van der Waals surface area contributed by atoms with E-state index in [9.17, 15) is 14.6 Å². The van der Waals surface area contributed by atoms with Crippen molar-refractivity contribution >= 4 is 5.69 Å². The zero-order chi connectivity index (χ0) is 13.9. The second-order valence-corrected chi connectivity index (χ2v) is 5.10. The van der Waals surface area contributed by atoms with E-state index in [4.69, 9.17) is 4.74 Å². The lowest BCUT2D eigenvalue weighted by atomic mass is 9.93. The van der Waals surface area contributed by atoms with Gasteiger partial charge in [0.15, 0.2) is 0 Å². The number of likely N-dealkylation sites (N-methyl/N-ethyl adjacent to an activating group) is 1. The fourth-order valence-electron chi connectivity index (χ4n) is 2.55. The Balaban J connectivity index is 2.17. The maximum atomic E-state index is 13.9. The lowest BCUT2D eigenvalue weighted by Gasteiger charge is -2.36. The molecule has 4 nitrogen and oxygen atoms in total. The van der Waals surface area contributed by atoms with Crippen LogP contribution in [-0.4, -0.2) is 42.6 Å². The van der Waals surface area contributed by atoms with Gasteiger partial charge in [-0.25, -0.2) is 4.39 Å². The van der Waals surface area contributed by atoms with Gasteiger partial charge in [0.1, 0.15) is 5.82 Å². The molecule has 0 spiro atoms. The minimum absolute atomic E-state index is 0.223. The zero-order valence-electron chi connectivity index (χ0n) is 11.1. The molecule has 0 aliphatic carbocycles. The Labute approximate surface area is 112 Å². The van der Waals surface area contributed by atoms with Gasteiger partial charge in [0, 0.05) is 45.2 Å². The highest BCUT2D eigenvalue weighted by molar-refractivity contribution is 5.54. The highest BCUT2D eigenvalue weighted by atomic mass is 19.1. The number of aliphatic hydroxyl groups is 2. The van der Waals surface area contributed by atoms with Gasteiger partial charge >= 0.3 is 0 Å². The molecule has 0 radical (unpaired) electrons. The molecule has 1 aromatic rings. The number of anilines is 1. The van der Waals surface area contributed by atoms with Crippen molar-refractivity contribution in [3.63, 3.8) is 0 Å². The molecule has 1 heterocycles. The van der Waals surface area contributed by atoms with Gasteiger partial charge < -0.3 is 19.8 Å². The minimum Gasteiger partial charge on any atom is -0.392 e. The number of halogens is 1. The van der Waals surface area contributed by atoms with E-state index in [2.05, 4.69) is 0 Å². The number of benzene rings is 1. The third-order valence-electron chi connectivity index (χ3n) is 3.58. The summed E-state index contributed by atoms with van der Waals surface area (Å²) in [6.45, 7) is 1.15. The molecule has 19 heavy (non-hydrogen) atoms. The molecule has 0 unspecified atom stereocenters. The third kappa shape index (κ3) is 3.23. The van der Waals surface area contributed by atoms with E-state index in [1.165, 1.54) is 6.07 Å². The van der Waals surface area contributed by atoms with Crippen molar-refractivity contribution in [3.05, 3.63) is 29.6 Å². The second kappa shape index (κ2) is 5.86. The highest BCUT2D eigenvalue weighted by Crippen LogP contribution is 2.28. The van der Waals surface area contributed by atoms with Crippen molar-refractivity contribution in [2.45, 2.75) is 25.0 Å². The summed E-state index contributed by atoms with van der Waals surface area (Å²) in [6, 6.07) is 4.61. The van der Waals surface area contributed by atoms with Crippen molar-refractivity contribution in [1.82, 2.24) is 0 Å². The average molecular weight is 269 g/mol. The molecule has 1 aliphatic rings. The Kier molecular flexibility index (Phi) is 4.39. The summed E-state index contributed by atoms with van der Waals surface area (Å²) in [5.74, 6) is -0.385. The Morgan fingerprint density at radius 3 is 2.68 bits per heavy atom. The quantitative estimate of drug-likeness (QED) is 0.865. The van der Waals surface area contributed by atoms with Gasteiger partial charge in [-0.3, -0.25) is 0 Å². The number of nitrogens with zero attached hydrogens (tertiary/aromatic N) is 1. The molecule has 2 rings (SSSR count). The molecule has 0 aromatic heterocycles. The van der Waals surface area contributed by atoms with Crippen LogP contribution < -0.4 is 4.90 Å². The summed E-state index contributed by atoms with van der Waals surface area (Å²) in [4.78, 5) is 1.67. The van der Waals surface area contributed by atoms with Crippen LogP contribution in [0.5, 0.6) is 0 Å². The smallest absolute Gasteiger partial charge is 0.146 e. The summed E-state index contributed by atoms with van der Waals surface area (Å²) in [5, 5.41) is 19.7. The lowest BCUT2D eigenvalue weighted by Crippen LogP contribution is -2.46. The van der Waals surface area contributed by atoms with Crippen molar-refractivity contribution in [1.29, 1.82) is 0 Å². The molecule has 0 amide bonds. The highest BCUT2D eigenvalue weighted by Gasteiger charge is 2.32. The second-order valence-electron chi connectivity index (χ2n) is 5.10. The molecule has 1 aromatic carbocycles. The predicted octanol–water partition coefficient (Wildman–Crippen LogP) is 1.30.